The highest BCUT2D eigenvalue weighted by atomic mass is 31.2. The molecule has 7 heteroatoms. The SMILES string of the molecule is CC[SiH2]OP(O[SiH2]CC)O[SiH2]CC. The Morgan fingerprint density at radius 1 is 0.769 bits per heavy atom. The second kappa shape index (κ2) is 11.0. The third kappa shape index (κ3) is 9.27. The Kier molecular flexibility index (Phi) is 11.9. The van der Waals surface area contributed by atoms with Crippen molar-refractivity contribution in [1.29, 1.82) is 0 Å². The second-order valence-electron chi connectivity index (χ2n) is 2.72. The molecule has 0 aliphatic heterocycles. The van der Waals surface area contributed by atoms with Crippen LogP contribution in [-0.4, -0.2) is 29.3 Å². The molecule has 0 heterocycles. The Morgan fingerprint density at radius 3 is 1.31 bits per heavy atom. The van der Waals surface area contributed by atoms with Crippen LogP contribution in [0.5, 0.6) is 0 Å². The number of rotatable bonds is 9. The Bertz CT molecular complexity index is 90.1. The fourth-order valence-corrected chi connectivity index (χ4v) is 7.50. The van der Waals surface area contributed by atoms with E-state index in [0.717, 1.165) is 0 Å². The minimum Gasteiger partial charge on any atom is -0.363 e. The van der Waals surface area contributed by atoms with Crippen LogP contribution in [0.1, 0.15) is 20.8 Å². The highest BCUT2D eigenvalue weighted by molar-refractivity contribution is 7.45. The van der Waals surface area contributed by atoms with Gasteiger partial charge in [-0.2, -0.15) is 0 Å². The summed E-state index contributed by atoms with van der Waals surface area (Å²) in [5.41, 5.74) is 0. The summed E-state index contributed by atoms with van der Waals surface area (Å²) in [6, 6.07) is 3.52. The molecule has 0 rings (SSSR count). The van der Waals surface area contributed by atoms with Crippen molar-refractivity contribution in [2.45, 2.75) is 38.9 Å². The quantitative estimate of drug-likeness (QED) is 0.452. The van der Waals surface area contributed by atoms with Gasteiger partial charge in [0.2, 0.25) is 0 Å². The van der Waals surface area contributed by atoms with Crippen LogP contribution in [0.4, 0.5) is 0 Å². The van der Waals surface area contributed by atoms with Crippen LogP contribution >= 0.6 is 8.60 Å². The lowest BCUT2D eigenvalue weighted by atomic mass is 11.0. The predicted octanol–water partition coefficient (Wildman–Crippen LogP) is 0.829. The van der Waals surface area contributed by atoms with Crippen molar-refractivity contribution in [3.05, 3.63) is 0 Å². The van der Waals surface area contributed by atoms with Crippen LogP contribution in [0.15, 0.2) is 0 Å². The van der Waals surface area contributed by atoms with E-state index in [1.54, 1.807) is 0 Å². The fourth-order valence-electron chi connectivity index (χ4n) is 0.609. The Hall–Kier alpha value is 0.961. The highest BCUT2D eigenvalue weighted by Gasteiger charge is 2.09. The van der Waals surface area contributed by atoms with Crippen molar-refractivity contribution in [1.82, 2.24) is 0 Å². The molecule has 0 radical (unpaired) electrons. The van der Waals surface area contributed by atoms with Gasteiger partial charge in [0.05, 0.1) is 0 Å². The highest BCUT2D eigenvalue weighted by Crippen LogP contribution is 2.38. The molecule has 0 aliphatic rings. The molecule has 3 nitrogen and oxygen atoms in total. The molecule has 0 aromatic rings. The Labute approximate surface area is 89.8 Å². The monoisotopic (exact) mass is 256 g/mol. The fraction of sp³-hybridized carbons (Fsp3) is 1.00. The zero-order chi connectivity index (χ0) is 9.94. The van der Waals surface area contributed by atoms with Gasteiger partial charge in [-0.3, -0.25) is 0 Å². The molecule has 0 spiro atoms. The van der Waals surface area contributed by atoms with Gasteiger partial charge in [0.25, 0.3) is 8.60 Å². The van der Waals surface area contributed by atoms with Gasteiger partial charge in [-0.25, -0.2) is 0 Å². The average molecular weight is 256 g/mol. The van der Waals surface area contributed by atoms with Crippen LogP contribution < -0.4 is 0 Å². The van der Waals surface area contributed by atoms with Gasteiger partial charge in [-0.1, -0.05) is 20.8 Å². The molecule has 0 bridgehead atoms. The molecule has 0 N–H and O–H groups in total. The smallest absolute Gasteiger partial charge is 0.298 e. The van der Waals surface area contributed by atoms with Crippen molar-refractivity contribution < 1.29 is 12.6 Å². The van der Waals surface area contributed by atoms with Crippen molar-refractivity contribution in [2.75, 3.05) is 0 Å². The standard InChI is InChI=1S/C6H21O3PSi3/c1-4-11-7-10(8-12-5-2)9-13-6-3/h4-6,11-13H2,1-3H3. The third-order valence-corrected chi connectivity index (χ3v) is 7.15. The van der Waals surface area contributed by atoms with E-state index in [4.69, 9.17) is 12.6 Å². The largest absolute Gasteiger partial charge is 0.363 e. The zero-order valence-corrected chi connectivity index (χ0v) is 14.1. The first-order chi connectivity index (χ1) is 6.35. The van der Waals surface area contributed by atoms with E-state index in [9.17, 15) is 0 Å². The van der Waals surface area contributed by atoms with E-state index in [0.29, 0.717) is 0 Å². The number of hydrogen-bond donors (Lipinski definition) is 0. The third-order valence-electron chi connectivity index (χ3n) is 1.20. The first kappa shape index (κ1) is 14.0. The molecule has 0 aromatic carbocycles. The summed E-state index contributed by atoms with van der Waals surface area (Å²) in [6.45, 7) is 6.48. The molecule has 0 saturated heterocycles. The van der Waals surface area contributed by atoms with Crippen LogP contribution in [0.25, 0.3) is 0 Å². The first-order valence-corrected chi connectivity index (χ1v) is 10.9. The summed E-state index contributed by atoms with van der Waals surface area (Å²) in [7, 11) is -1.97. The van der Waals surface area contributed by atoms with Crippen LogP contribution in [0.2, 0.25) is 18.1 Å². The normalized spacial score (nSPS) is 15.9. The first-order valence-electron chi connectivity index (χ1n) is 5.04. The van der Waals surface area contributed by atoms with E-state index in [2.05, 4.69) is 20.8 Å². The Balaban J connectivity index is 3.47. The van der Waals surface area contributed by atoms with Crippen molar-refractivity contribution >= 4 is 37.9 Å². The van der Waals surface area contributed by atoms with Crippen LogP contribution in [0, 0.1) is 0 Å². The van der Waals surface area contributed by atoms with Crippen molar-refractivity contribution in [3.8, 4) is 0 Å². The molecule has 0 saturated carbocycles. The van der Waals surface area contributed by atoms with Crippen LogP contribution in [0.3, 0.4) is 0 Å². The summed E-state index contributed by atoms with van der Waals surface area (Å²) >= 11 is 0. The van der Waals surface area contributed by atoms with Gasteiger partial charge in [0.1, 0.15) is 0 Å². The Morgan fingerprint density at radius 2 is 1.08 bits per heavy atom. The zero-order valence-electron chi connectivity index (χ0n) is 8.91. The van der Waals surface area contributed by atoms with Crippen molar-refractivity contribution in [2.24, 2.45) is 0 Å². The summed E-state index contributed by atoms with van der Waals surface area (Å²) in [5.74, 6) is 0. The van der Waals surface area contributed by atoms with Crippen LogP contribution in [-0.2, 0) is 12.6 Å². The molecule has 13 heavy (non-hydrogen) atoms. The van der Waals surface area contributed by atoms with Gasteiger partial charge in [0, 0.05) is 0 Å². The van der Waals surface area contributed by atoms with E-state index in [-0.39, 0.29) is 29.3 Å². The van der Waals surface area contributed by atoms with E-state index < -0.39 is 8.60 Å². The minimum absolute atomic E-state index is 0.358. The maximum absolute atomic E-state index is 5.62. The maximum Gasteiger partial charge on any atom is 0.298 e. The van der Waals surface area contributed by atoms with E-state index >= 15 is 0 Å². The molecule has 80 valence electrons. The summed E-state index contributed by atoms with van der Waals surface area (Å²) in [4.78, 5) is 0. The molecular formula is C6H21O3PSi3. The lowest BCUT2D eigenvalue weighted by molar-refractivity contribution is 0.416. The predicted molar refractivity (Wildman–Crippen MR) is 67.3 cm³/mol. The van der Waals surface area contributed by atoms with Crippen molar-refractivity contribution in [3.63, 3.8) is 0 Å². The minimum atomic E-state index is -0.893. The lowest BCUT2D eigenvalue weighted by Gasteiger charge is -2.16. The molecule has 0 aromatic heterocycles. The molecule has 0 unspecified atom stereocenters. The van der Waals surface area contributed by atoms with Gasteiger partial charge >= 0.3 is 0 Å². The van der Waals surface area contributed by atoms with Gasteiger partial charge in [0.15, 0.2) is 29.3 Å². The number of hydrogen-bond acceptors (Lipinski definition) is 3. The maximum atomic E-state index is 5.62. The summed E-state index contributed by atoms with van der Waals surface area (Å²) < 4.78 is 16.9. The molecule has 0 atom stereocenters. The molecule has 0 fully saturated rings. The lowest BCUT2D eigenvalue weighted by Crippen LogP contribution is -2.03. The van der Waals surface area contributed by atoms with Gasteiger partial charge < -0.3 is 12.6 Å². The van der Waals surface area contributed by atoms with Gasteiger partial charge in [-0.15, -0.1) is 0 Å². The summed E-state index contributed by atoms with van der Waals surface area (Å²) in [5, 5.41) is 0. The molecule has 0 amide bonds. The average Bonchev–Trinajstić information content (AvgIpc) is 2.17. The second-order valence-corrected chi connectivity index (χ2v) is 10.5. The molecule has 0 aliphatic carbocycles. The molecular weight excluding hydrogens is 235 g/mol. The summed E-state index contributed by atoms with van der Waals surface area (Å²) in [6.07, 6.45) is 0. The van der Waals surface area contributed by atoms with E-state index in [1.165, 1.54) is 18.1 Å². The van der Waals surface area contributed by atoms with E-state index in [1.807, 2.05) is 0 Å². The van der Waals surface area contributed by atoms with Gasteiger partial charge in [-0.05, 0) is 18.1 Å². The topological polar surface area (TPSA) is 27.7 Å².